The molecule has 2 nitrogen and oxygen atoms in total. The maximum Gasteiger partial charge on any atom is 0.411 e. The van der Waals surface area contributed by atoms with Gasteiger partial charge in [0.25, 0.3) is 0 Å². The van der Waals surface area contributed by atoms with Crippen LogP contribution >= 0.6 is 0 Å². The summed E-state index contributed by atoms with van der Waals surface area (Å²) in [5, 5.41) is 3.27. The average Bonchev–Trinajstić information content (AvgIpc) is 2.43. The molecule has 1 atom stereocenters. The van der Waals surface area contributed by atoms with Crippen LogP contribution in [0, 0.1) is 5.41 Å². The molecule has 0 aromatic heterocycles. The summed E-state index contributed by atoms with van der Waals surface area (Å²) in [5.41, 5.74) is 0.254. The number of hydrogen-bond donors (Lipinski definition) is 1. The zero-order chi connectivity index (χ0) is 12.2. The Bertz CT molecular complexity index is 216. The molecule has 0 saturated heterocycles. The summed E-state index contributed by atoms with van der Waals surface area (Å²) >= 11 is 0. The zero-order valence-electron chi connectivity index (χ0n) is 9.86. The van der Waals surface area contributed by atoms with Crippen molar-refractivity contribution in [2.45, 2.75) is 45.3 Å². The van der Waals surface area contributed by atoms with Crippen LogP contribution in [0.25, 0.3) is 0 Å². The van der Waals surface area contributed by atoms with E-state index in [1.54, 1.807) is 0 Å². The molecule has 0 aromatic rings. The largest absolute Gasteiger partial charge is 0.411 e. The van der Waals surface area contributed by atoms with Crippen LogP contribution in [0.2, 0.25) is 0 Å². The van der Waals surface area contributed by atoms with E-state index >= 15 is 0 Å². The average molecular weight is 239 g/mol. The molecule has 1 fully saturated rings. The van der Waals surface area contributed by atoms with Crippen LogP contribution in [0.4, 0.5) is 13.2 Å². The molecule has 0 heterocycles. The third-order valence-corrected chi connectivity index (χ3v) is 3.16. The van der Waals surface area contributed by atoms with Crippen LogP contribution in [0.15, 0.2) is 0 Å². The first-order valence-electron chi connectivity index (χ1n) is 5.69. The Kier molecular flexibility index (Phi) is 4.62. The summed E-state index contributed by atoms with van der Waals surface area (Å²) in [6.45, 7) is 3.83. The van der Waals surface area contributed by atoms with Gasteiger partial charge < -0.3 is 10.1 Å². The Morgan fingerprint density at radius 1 is 1.38 bits per heavy atom. The topological polar surface area (TPSA) is 21.3 Å². The van der Waals surface area contributed by atoms with Crippen molar-refractivity contribution < 1.29 is 17.9 Å². The third kappa shape index (κ3) is 4.70. The van der Waals surface area contributed by atoms with Gasteiger partial charge in [0.2, 0.25) is 0 Å². The summed E-state index contributed by atoms with van der Waals surface area (Å²) in [5.74, 6) is 0. The molecule has 0 radical (unpaired) electrons. The Morgan fingerprint density at radius 2 is 2.06 bits per heavy atom. The molecule has 5 heteroatoms. The molecule has 1 rings (SSSR count). The Morgan fingerprint density at radius 3 is 2.56 bits per heavy atom. The predicted molar refractivity (Wildman–Crippen MR) is 56.3 cm³/mol. The minimum Gasteiger partial charge on any atom is -0.371 e. The molecule has 0 amide bonds. The van der Waals surface area contributed by atoms with Crippen molar-refractivity contribution in [3.8, 4) is 0 Å². The highest BCUT2D eigenvalue weighted by atomic mass is 19.4. The van der Waals surface area contributed by atoms with E-state index in [2.05, 4.69) is 23.9 Å². The van der Waals surface area contributed by atoms with E-state index in [-0.39, 0.29) is 12.0 Å². The van der Waals surface area contributed by atoms with E-state index in [0.29, 0.717) is 12.6 Å². The van der Waals surface area contributed by atoms with Crippen LogP contribution in [0.3, 0.4) is 0 Å². The molecule has 0 aromatic carbocycles. The summed E-state index contributed by atoms with van der Waals surface area (Å²) in [6.07, 6.45) is -0.749. The van der Waals surface area contributed by atoms with Gasteiger partial charge >= 0.3 is 6.18 Å². The highest BCUT2D eigenvalue weighted by Gasteiger charge is 2.33. The van der Waals surface area contributed by atoms with E-state index < -0.39 is 12.8 Å². The summed E-state index contributed by atoms with van der Waals surface area (Å²) < 4.78 is 39.8. The normalized spacial score (nSPS) is 24.9. The number of ether oxygens (including phenoxy) is 1. The summed E-state index contributed by atoms with van der Waals surface area (Å²) in [4.78, 5) is 0. The lowest BCUT2D eigenvalue weighted by Gasteiger charge is -2.27. The highest BCUT2D eigenvalue weighted by molar-refractivity contribution is 4.89. The second-order valence-corrected chi connectivity index (χ2v) is 5.06. The predicted octanol–water partition coefficient (Wildman–Crippen LogP) is 2.73. The fourth-order valence-electron chi connectivity index (χ4n) is 2.20. The molecule has 1 aliphatic carbocycles. The number of rotatable bonds is 5. The first kappa shape index (κ1) is 13.8. The fraction of sp³-hybridized carbons (Fsp3) is 1.00. The number of halogens is 3. The zero-order valence-corrected chi connectivity index (χ0v) is 9.86. The maximum atomic E-state index is 11.8. The smallest absolute Gasteiger partial charge is 0.371 e. The first-order chi connectivity index (χ1) is 7.31. The van der Waals surface area contributed by atoms with Crippen LogP contribution in [0.1, 0.15) is 33.1 Å². The van der Waals surface area contributed by atoms with Crippen molar-refractivity contribution in [2.24, 2.45) is 5.41 Å². The molecule has 1 N–H and O–H groups in total. The quantitative estimate of drug-likeness (QED) is 0.745. The molecule has 0 bridgehead atoms. The SMILES string of the molecule is CC1(C)CCCC1NCCOCC(F)(F)F. The van der Waals surface area contributed by atoms with Gasteiger partial charge in [-0.1, -0.05) is 20.3 Å². The van der Waals surface area contributed by atoms with Crippen molar-refractivity contribution in [1.29, 1.82) is 0 Å². The van der Waals surface area contributed by atoms with E-state index in [1.807, 2.05) is 0 Å². The summed E-state index contributed by atoms with van der Waals surface area (Å²) in [7, 11) is 0. The molecule has 96 valence electrons. The van der Waals surface area contributed by atoms with Gasteiger partial charge in [-0.2, -0.15) is 13.2 Å². The number of hydrogen-bond acceptors (Lipinski definition) is 2. The van der Waals surface area contributed by atoms with E-state index in [1.165, 1.54) is 12.8 Å². The van der Waals surface area contributed by atoms with Crippen LogP contribution in [-0.4, -0.2) is 32.0 Å². The van der Waals surface area contributed by atoms with Crippen molar-refractivity contribution in [3.63, 3.8) is 0 Å². The molecule has 1 saturated carbocycles. The highest BCUT2D eigenvalue weighted by Crippen LogP contribution is 2.36. The lowest BCUT2D eigenvalue weighted by atomic mass is 9.87. The molecule has 1 unspecified atom stereocenters. The second kappa shape index (κ2) is 5.36. The van der Waals surface area contributed by atoms with Gasteiger partial charge in [0.15, 0.2) is 0 Å². The van der Waals surface area contributed by atoms with Crippen molar-refractivity contribution in [1.82, 2.24) is 5.32 Å². The van der Waals surface area contributed by atoms with Crippen LogP contribution in [-0.2, 0) is 4.74 Å². The lowest BCUT2D eigenvalue weighted by Crippen LogP contribution is -2.39. The van der Waals surface area contributed by atoms with Gasteiger partial charge in [-0.3, -0.25) is 0 Å². The van der Waals surface area contributed by atoms with Gasteiger partial charge in [-0.05, 0) is 18.3 Å². The molecular weight excluding hydrogens is 219 g/mol. The van der Waals surface area contributed by atoms with Gasteiger partial charge in [0, 0.05) is 12.6 Å². The Hall–Kier alpha value is -0.290. The Labute approximate surface area is 94.5 Å². The van der Waals surface area contributed by atoms with E-state index in [0.717, 1.165) is 6.42 Å². The molecular formula is C11H20F3NO. The van der Waals surface area contributed by atoms with Crippen molar-refractivity contribution >= 4 is 0 Å². The number of nitrogens with one attached hydrogen (secondary N) is 1. The first-order valence-corrected chi connectivity index (χ1v) is 5.69. The standard InChI is InChI=1S/C11H20F3NO/c1-10(2)5-3-4-9(10)15-6-7-16-8-11(12,13)14/h9,15H,3-8H2,1-2H3. The minimum absolute atomic E-state index is 0.117. The molecule has 0 spiro atoms. The summed E-state index contributed by atoms with van der Waals surface area (Å²) in [6, 6.07) is 0.405. The third-order valence-electron chi connectivity index (χ3n) is 3.16. The van der Waals surface area contributed by atoms with Crippen LogP contribution in [0.5, 0.6) is 0 Å². The van der Waals surface area contributed by atoms with Crippen molar-refractivity contribution in [2.75, 3.05) is 19.8 Å². The Balaban J connectivity index is 2.08. The van der Waals surface area contributed by atoms with Gasteiger partial charge in [0.05, 0.1) is 6.61 Å². The molecule has 0 aliphatic heterocycles. The second-order valence-electron chi connectivity index (χ2n) is 5.06. The van der Waals surface area contributed by atoms with Gasteiger partial charge in [-0.25, -0.2) is 0 Å². The lowest BCUT2D eigenvalue weighted by molar-refractivity contribution is -0.173. The van der Waals surface area contributed by atoms with Gasteiger partial charge in [-0.15, -0.1) is 0 Å². The molecule has 1 aliphatic rings. The van der Waals surface area contributed by atoms with E-state index in [9.17, 15) is 13.2 Å². The number of alkyl halides is 3. The van der Waals surface area contributed by atoms with Crippen LogP contribution < -0.4 is 5.32 Å². The van der Waals surface area contributed by atoms with Crippen molar-refractivity contribution in [3.05, 3.63) is 0 Å². The van der Waals surface area contributed by atoms with Gasteiger partial charge in [0.1, 0.15) is 6.61 Å². The van der Waals surface area contributed by atoms with E-state index in [4.69, 9.17) is 0 Å². The minimum atomic E-state index is -4.22. The monoisotopic (exact) mass is 239 g/mol. The maximum absolute atomic E-state index is 11.8. The fourth-order valence-corrected chi connectivity index (χ4v) is 2.20. The molecule has 16 heavy (non-hydrogen) atoms.